The highest BCUT2D eigenvalue weighted by molar-refractivity contribution is 7.89. The number of carbonyl (C=O) groups excluding carboxylic acids is 1. The van der Waals surface area contributed by atoms with Gasteiger partial charge < -0.3 is 5.32 Å². The first kappa shape index (κ1) is 16.0. The third kappa shape index (κ3) is 4.28. The highest BCUT2D eigenvalue weighted by Gasteiger charge is 2.50. The van der Waals surface area contributed by atoms with Crippen molar-refractivity contribution in [1.29, 1.82) is 0 Å². The number of sulfonamides is 1. The maximum Gasteiger partial charge on any atom is 0.238 e. The van der Waals surface area contributed by atoms with Crippen molar-refractivity contribution < 1.29 is 13.2 Å². The number of nitrogens with one attached hydrogen (secondary N) is 1. The van der Waals surface area contributed by atoms with E-state index in [1.165, 1.54) is 12.1 Å². The van der Waals surface area contributed by atoms with E-state index < -0.39 is 10.0 Å². The normalized spacial score (nSPS) is 20.0. The molecular weight excluding hydrogens is 288 g/mol. The van der Waals surface area contributed by atoms with Crippen molar-refractivity contribution in [3.05, 3.63) is 29.8 Å². The zero-order valence-corrected chi connectivity index (χ0v) is 13.2. The fourth-order valence-electron chi connectivity index (χ4n) is 2.39. The van der Waals surface area contributed by atoms with E-state index in [1.54, 1.807) is 12.1 Å². The van der Waals surface area contributed by atoms with Crippen molar-refractivity contribution in [3.8, 4) is 0 Å². The lowest BCUT2D eigenvalue weighted by molar-refractivity contribution is -0.122. The molecule has 1 saturated carbocycles. The van der Waals surface area contributed by atoms with E-state index in [1.807, 2.05) is 0 Å². The van der Waals surface area contributed by atoms with Gasteiger partial charge in [0.2, 0.25) is 15.9 Å². The van der Waals surface area contributed by atoms with Gasteiger partial charge in [0.15, 0.2) is 0 Å². The lowest BCUT2D eigenvalue weighted by Gasteiger charge is -2.07. The van der Waals surface area contributed by atoms with Crippen LogP contribution in [0.15, 0.2) is 29.2 Å². The molecule has 3 N–H and O–H groups in total. The molecule has 21 heavy (non-hydrogen) atoms. The number of nitrogens with two attached hydrogens (primary N) is 1. The molecule has 6 heteroatoms. The minimum atomic E-state index is -3.63. The first-order valence-corrected chi connectivity index (χ1v) is 8.64. The number of aryl methyl sites for hydroxylation is 1. The van der Waals surface area contributed by atoms with Crippen LogP contribution in [0.5, 0.6) is 0 Å². The Bertz CT molecular complexity index is 621. The minimum absolute atomic E-state index is 0.121. The molecule has 2 rings (SSSR count). The monoisotopic (exact) mass is 310 g/mol. The molecule has 0 radical (unpaired) electrons. The Morgan fingerprint density at radius 2 is 1.90 bits per heavy atom. The Hall–Kier alpha value is -1.40. The molecule has 0 saturated heterocycles. The van der Waals surface area contributed by atoms with Gasteiger partial charge >= 0.3 is 0 Å². The van der Waals surface area contributed by atoms with Gasteiger partial charge in [-0.3, -0.25) is 4.79 Å². The summed E-state index contributed by atoms with van der Waals surface area (Å²) in [4.78, 5) is 11.9. The average Bonchev–Trinajstić information content (AvgIpc) is 3.03. The predicted octanol–water partition coefficient (Wildman–Crippen LogP) is 1.43. The summed E-state index contributed by atoms with van der Waals surface area (Å²) in [6.07, 6.45) is 2.58. The van der Waals surface area contributed by atoms with E-state index in [0.29, 0.717) is 6.54 Å². The Balaban J connectivity index is 1.73. The zero-order valence-electron chi connectivity index (χ0n) is 12.4. The fraction of sp³-hybridized carbons (Fsp3) is 0.533. The van der Waals surface area contributed by atoms with Crippen molar-refractivity contribution in [2.45, 2.75) is 38.0 Å². The quantitative estimate of drug-likeness (QED) is 0.779. The number of carbonyl (C=O) groups is 1. The maximum atomic E-state index is 11.8. The lowest BCUT2D eigenvalue weighted by atomic mass is 10.1. The van der Waals surface area contributed by atoms with Crippen molar-refractivity contribution in [3.63, 3.8) is 0 Å². The molecule has 1 amide bonds. The second kappa shape index (κ2) is 5.77. The summed E-state index contributed by atoms with van der Waals surface area (Å²) >= 11 is 0. The molecule has 0 aliphatic heterocycles. The van der Waals surface area contributed by atoms with Crippen LogP contribution in [0.1, 0.15) is 32.3 Å². The molecule has 1 atom stereocenters. The van der Waals surface area contributed by atoms with Crippen LogP contribution in [0, 0.1) is 11.3 Å². The van der Waals surface area contributed by atoms with Crippen molar-refractivity contribution in [2.24, 2.45) is 16.5 Å². The van der Waals surface area contributed by atoms with Gasteiger partial charge in [0, 0.05) is 12.5 Å². The van der Waals surface area contributed by atoms with E-state index in [-0.39, 0.29) is 22.1 Å². The predicted molar refractivity (Wildman–Crippen MR) is 81.0 cm³/mol. The molecule has 0 bridgehead atoms. The van der Waals surface area contributed by atoms with Crippen LogP contribution >= 0.6 is 0 Å². The van der Waals surface area contributed by atoms with Gasteiger partial charge in [-0.2, -0.15) is 0 Å². The van der Waals surface area contributed by atoms with Crippen LogP contribution in [0.25, 0.3) is 0 Å². The molecule has 1 aromatic rings. The number of primary sulfonamides is 1. The van der Waals surface area contributed by atoms with Gasteiger partial charge in [-0.15, -0.1) is 0 Å². The average molecular weight is 310 g/mol. The molecule has 0 aromatic heterocycles. The summed E-state index contributed by atoms with van der Waals surface area (Å²) < 4.78 is 22.3. The van der Waals surface area contributed by atoms with Gasteiger partial charge in [0.05, 0.1) is 4.90 Å². The number of benzene rings is 1. The third-order valence-electron chi connectivity index (χ3n) is 4.02. The van der Waals surface area contributed by atoms with Crippen molar-refractivity contribution in [2.75, 3.05) is 6.54 Å². The number of hydrogen-bond acceptors (Lipinski definition) is 3. The Morgan fingerprint density at radius 1 is 1.33 bits per heavy atom. The van der Waals surface area contributed by atoms with Crippen LogP contribution in [0.2, 0.25) is 0 Å². The van der Waals surface area contributed by atoms with Crippen LogP contribution in [-0.4, -0.2) is 20.9 Å². The van der Waals surface area contributed by atoms with Gasteiger partial charge in [-0.25, -0.2) is 13.6 Å². The SMILES string of the molecule is CC1(C)CC1C(=O)NCCCc1ccc(S(N)(=O)=O)cc1. The topological polar surface area (TPSA) is 89.3 Å². The summed E-state index contributed by atoms with van der Waals surface area (Å²) in [7, 11) is -3.63. The van der Waals surface area contributed by atoms with Crippen molar-refractivity contribution >= 4 is 15.9 Å². The van der Waals surface area contributed by atoms with E-state index in [2.05, 4.69) is 19.2 Å². The molecule has 1 aromatic carbocycles. The largest absolute Gasteiger partial charge is 0.356 e. The van der Waals surface area contributed by atoms with E-state index >= 15 is 0 Å². The standard InChI is InChI=1S/C15H22N2O3S/c1-15(2)10-13(15)14(18)17-9-3-4-11-5-7-12(8-6-11)21(16,19)20/h5-8,13H,3-4,9-10H2,1-2H3,(H,17,18)(H2,16,19,20). The van der Waals surface area contributed by atoms with Gasteiger partial charge in [0.1, 0.15) is 0 Å². The summed E-state index contributed by atoms with van der Waals surface area (Å²) in [5.41, 5.74) is 1.19. The Labute approximate surface area is 126 Å². The summed E-state index contributed by atoms with van der Waals surface area (Å²) in [6, 6.07) is 6.53. The molecule has 1 aliphatic rings. The number of rotatable bonds is 6. The van der Waals surface area contributed by atoms with Crippen LogP contribution in [0.3, 0.4) is 0 Å². The molecule has 116 valence electrons. The second-order valence-electron chi connectivity index (χ2n) is 6.33. The van der Waals surface area contributed by atoms with Crippen molar-refractivity contribution in [1.82, 2.24) is 5.32 Å². The maximum absolute atomic E-state index is 11.8. The van der Waals surface area contributed by atoms with Crippen LogP contribution < -0.4 is 10.5 Å². The number of amides is 1. The second-order valence-corrected chi connectivity index (χ2v) is 7.89. The molecule has 1 fully saturated rings. The van der Waals surface area contributed by atoms with Gasteiger partial charge in [0.25, 0.3) is 0 Å². The molecule has 0 heterocycles. The van der Waals surface area contributed by atoms with Crippen LogP contribution in [-0.2, 0) is 21.2 Å². The van der Waals surface area contributed by atoms with E-state index in [4.69, 9.17) is 5.14 Å². The molecule has 1 unspecified atom stereocenters. The molecule has 1 aliphatic carbocycles. The van der Waals surface area contributed by atoms with E-state index in [9.17, 15) is 13.2 Å². The Morgan fingerprint density at radius 3 is 2.38 bits per heavy atom. The summed E-state index contributed by atoms with van der Waals surface area (Å²) in [6.45, 7) is 4.84. The third-order valence-corrected chi connectivity index (χ3v) is 4.95. The highest BCUT2D eigenvalue weighted by atomic mass is 32.2. The molecular formula is C15H22N2O3S. The van der Waals surface area contributed by atoms with E-state index in [0.717, 1.165) is 24.8 Å². The summed E-state index contributed by atoms with van der Waals surface area (Å²) in [5.74, 6) is 0.302. The Kier molecular flexibility index (Phi) is 4.39. The fourth-order valence-corrected chi connectivity index (χ4v) is 2.90. The smallest absolute Gasteiger partial charge is 0.238 e. The first-order chi connectivity index (χ1) is 9.70. The minimum Gasteiger partial charge on any atom is -0.356 e. The van der Waals surface area contributed by atoms with Gasteiger partial charge in [-0.05, 0) is 42.4 Å². The summed E-state index contributed by atoms with van der Waals surface area (Å²) in [5, 5.41) is 7.99. The van der Waals surface area contributed by atoms with Crippen LogP contribution in [0.4, 0.5) is 0 Å². The zero-order chi connectivity index (χ0) is 15.7. The number of hydrogen-bond donors (Lipinski definition) is 2. The molecule has 0 spiro atoms. The molecule has 5 nitrogen and oxygen atoms in total. The highest BCUT2D eigenvalue weighted by Crippen LogP contribution is 2.51. The first-order valence-electron chi connectivity index (χ1n) is 7.09. The van der Waals surface area contributed by atoms with Gasteiger partial charge in [-0.1, -0.05) is 26.0 Å². The lowest BCUT2D eigenvalue weighted by Crippen LogP contribution is -2.27.